The van der Waals surface area contributed by atoms with Crippen molar-refractivity contribution in [1.29, 1.82) is 0 Å². The van der Waals surface area contributed by atoms with Crippen LogP contribution in [0, 0.1) is 13.8 Å². The molecule has 0 bridgehead atoms. The molecule has 154 valence electrons. The first-order chi connectivity index (χ1) is 14.5. The molecule has 0 aliphatic carbocycles. The number of amidine groups is 1. The van der Waals surface area contributed by atoms with Gasteiger partial charge in [-0.15, -0.1) is 5.10 Å². The first-order valence-corrected chi connectivity index (χ1v) is 10.6. The Morgan fingerprint density at radius 1 is 1.17 bits per heavy atom. The third-order valence-electron chi connectivity index (χ3n) is 4.57. The van der Waals surface area contributed by atoms with Crippen molar-refractivity contribution in [3.8, 4) is 11.6 Å². The van der Waals surface area contributed by atoms with E-state index in [2.05, 4.69) is 56.7 Å². The lowest BCUT2D eigenvalue weighted by Crippen LogP contribution is -2.37. The number of aromatic nitrogens is 2. The molecule has 6 nitrogen and oxygen atoms in total. The first kappa shape index (κ1) is 20.8. The maximum absolute atomic E-state index is 6.07. The Morgan fingerprint density at radius 3 is 2.83 bits per heavy atom. The van der Waals surface area contributed by atoms with E-state index >= 15 is 0 Å². The molecule has 0 spiro atoms. The maximum Gasteiger partial charge on any atom is 0.250 e. The van der Waals surface area contributed by atoms with E-state index < -0.39 is 0 Å². The molecular weight excluding hydrogens is 468 g/mol. The number of aryl methyl sites for hydroxylation is 2. The van der Waals surface area contributed by atoms with Crippen molar-refractivity contribution in [2.45, 2.75) is 26.3 Å². The second-order valence-electron chi connectivity index (χ2n) is 7.11. The van der Waals surface area contributed by atoms with Crippen LogP contribution in [0.4, 0.5) is 0 Å². The van der Waals surface area contributed by atoms with Crippen molar-refractivity contribution in [3.05, 3.63) is 80.4 Å². The fourth-order valence-corrected chi connectivity index (χ4v) is 3.95. The monoisotopic (exact) mass is 486 g/mol. The Morgan fingerprint density at radius 2 is 2.03 bits per heavy atom. The van der Waals surface area contributed by atoms with Gasteiger partial charge in [-0.2, -0.15) is 5.10 Å². The summed E-state index contributed by atoms with van der Waals surface area (Å²) in [6.45, 7) is 4.40. The highest BCUT2D eigenvalue weighted by Crippen LogP contribution is 2.27. The molecule has 1 N–H and O–H groups in total. The molecule has 1 aromatic heterocycles. The van der Waals surface area contributed by atoms with Crippen molar-refractivity contribution in [2.24, 2.45) is 4.99 Å². The zero-order valence-corrected chi connectivity index (χ0v) is 18.9. The SMILES string of the molecule is Cc1ccc(CC2CONC(c3cc(C)nnc3Oc3cccc(Cl)c3)=N2)c(Br)c1. The number of hydrogen-bond acceptors (Lipinski definition) is 6. The lowest BCUT2D eigenvalue weighted by molar-refractivity contribution is 0.0623. The third-order valence-corrected chi connectivity index (χ3v) is 5.54. The molecule has 1 aliphatic heterocycles. The highest BCUT2D eigenvalue weighted by atomic mass is 79.9. The van der Waals surface area contributed by atoms with E-state index in [1.807, 2.05) is 25.1 Å². The summed E-state index contributed by atoms with van der Waals surface area (Å²) in [5.41, 5.74) is 6.71. The predicted octanol–water partition coefficient (Wildman–Crippen LogP) is 5.19. The van der Waals surface area contributed by atoms with Gasteiger partial charge in [0.2, 0.25) is 5.88 Å². The molecule has 1 aliphatic rings. The number of nitrogens with zero attached hydrogens (tertiary/aromatic N) is 3. The van der Waals surface area contributed by atoms with Crippen LogP contribution < -0.4 is 10.2 Å². The molecular formula is C22H20BrClN4O2. The molecule has 3 aromatic rings. The van der Waals surface area contributed by atoms with E-state index in [1.54, 1.807) is 12.1 Å². The Bertz CT molecular complexity index is 1110. The highest BCUT2D eigenvalue weighted by molar-refractivity contribution is 9.10. The van der Waals surface area contributed by atoms with Crippen LogP contribution in [0.3, 0.4) is 0 Å². The van der Waals surface area contributed by atoms with E-state index in [9.17, 15) is 0 Å². The summed E-state index contributed by atoms with van der Waals surface area (Å²) in [6.07, 6.45) is 0.744. The Hall–Kier alpha value is -2.48. The van der Waals surface area contributed by atoms with Gasteiger partial charge < -0.3 is 4.74 Å². The van der Waals surface area contributed by atoms with Crippen molar-refractivity contribution < 1.29 is 9.57 Å². The second-order valence-corrected chi connectivity index (χ2v) is 8.40. The summed E-state index contributed by atoms with van der Waals surface area (Å²) in [5, 5.41) is 8.91. The van der Waals surface area contributed by atoms with Gasteiger partial charge in [0, 0.05) is 9.50 Å². The van der Waals surface area contributed by atoms with Crippen LogP contribution in [0.25, 0.3) is 0 Å². The molecule has 0 fully saturated rings. The van der Waals surface area contributed by atoms with E-state index in [4.69, 9.17) is 26.2 Å². The van der Waals surface area contributed by atoms with Crippen LogP contribution in [-0.4, -0.2) is 28.7 Å². The Balaban J connectivity index is 1.62. The van der Waals surface area contributed by atoms with Crippen molar-refractivity contribution in [1.82, 2.24) is 15.7 Å². The van der Waals surface area contributed by atoms with Gasteiger partial charge in [-0.1, -0.05) is 45.7 Å². The molecule has 0 saturated heterocycles. The zero-order valence-electron chi connectivity index (χ0n) is 16.5. The smallest absolute Gasteiger partial charge is 0.250 e. The molecule has 2 aromatic carbocycles. The van der Waals surface area contributed by atoms with Gasteiger partial charge in [0.05, 0.1) is 23.9 Å². The molecule has 0 saturated carbocycles. The van der Waals surface area contributed by atoms with Gasteiger partial charge in [0.25, 0.3) is 0 Å². The summed E-state index contributed by atoms with van der Waals surface area (Å²) in [7, 11) is 0. The van der Waals surface area contributed by atoms with Crippen LogP contribution in [0.2, 0.25) is 5.02 Å². The van der Waals surface area contributed by atoms with E-state index in [1.165, 1.54) is 11.1 Å². The normalized spacial score (nSPS) is 16.0. The molecule has 1 atom stereocenters. The average Bonchev–Trinajstić information content (AvgIpc) is 2.72. The molecule has 4 rings (SSSR count). The molecule has 8 heteroatoms. The largest absolute Gasteiger partial charge is 0.437 e. The van der Waals surface area contributed by atoms with Crippen molar-refractivity contribution in [3.63, 3.8) is 0 Å². The first-order valence-electron chi connectivity index (χ1n) is 9.46. The fourth-order valence-electron chi connectivity index (χ4n) is 3.12. The zero-order chi connectivity index (χ0) is 21.1. The number of benzene rings is 2. The summed E-state index contributed by atoms with van der Waals surface area (Å²) in [4.78, 5) is 10.5. The van der Waals surface area contributed by atoms with Crippen LogP contribution in [-0.2, 0) is 11.3 Å². The lowest BCUT2D eigenvalue weighted by atomic mass is 10.0. The number of hydrogen-bond donors (Lipinski definition) is 1. The summed E-state index contributed by atoms with van der Waals surface area (Å²) < 4.78 is 7.02. The van der Waals surface area contributed by atoms with Crippen LogP contribution in [0.5, 0.6) is 11.6 Å². The Kier molecular flexibility index (Phi) is 6.32. The fraction of sp³-hybridized carbons (Fsp3) is 0.227. The van der Waals surface area contributed by atoms with Gasteiger partial charge in [-0.05, 0) is 61.7 Å². The lowest BCUT2D eigenvalue weighted by Gasteiger charge is -2.23. The Labute approximate surface area is 188 Å². The van der Waals surface area contributed by atoms with E-state index in [-0.39, 0.29) is 6.04 Å². The van der Waals surface area contributed by atoms with E-state index in [0.29, 0.717) is 34.7 Å². The van der Waals surface area contributed by atoms with Gasteiger partial charge >= 0.3 is 0 Å². The topological polar surface area (TPSA) is 68.6 Å². The third kappa shape index (κ3) is 4.98. The number of halogens is 2. The molecule has 30 heavy (non-hydrogen) atoms. The minimum absolute atomic E-state index is 0.0484. The average molecular weight is 488 g/mol. The molecule has 2 heterocycles. The standard InChI is InChI=1S/C22H20BrClN4O2/c1-13-6-7-15(20(23)8-13)10-17-12-29-28-21(25-17)19-9-14(2)26-27-22(19)30-18-5-3-4-16(24)11-18/h3-9,11,17H,10,12H2,1-2H3,(H,25,28). The van der Waals surface area contributed by atoms with Crippen LogP contribution in [0.1, 0.15) is 22.4 Å². The number of aliphatic imine (C=N–C) groups is 1. The minimum atomic E-state index is -0.0484. The van der Waals surface area contributed by atoms with E-state index in [0.717, 1.165) is 16.6 Å². The number of nitrogens with one attached hydrogen (secondary N) is 1. The van der Waals surface area contributed by atoms with Crippen molar-refractivity contribution >= 4 is 33.4 Å². The second kappa shape index (κ2) is 9.12. The molecule has 0 amide bonds. The highest BCUT2D eigenvalue weighted by Gasteiger charge is 2.22. The van der Waals surface area contributed by atoms with Gasteiger partial charge in [0.15, 0.2) is 5.84 Å². The minimum Gasteiger partial charge on any atom is -0.437 e. The summed E-state index contributed by atoms with van der Waals surface area (Å²) in [5.74, 6) is 1.46. The van der Waals surface area contributed by atoms with Crippen LogP contribution >= 0.6 is 27.5 Å². The number of hydroxylamine groups is 1. The summed E-state index contributed by atoms with van der Waals surface area (Å²) in [6, 6.07) is 15.3. The summed E-state index contributed by atoms with van der Waals surface area (Å²) >= 11 is 9.71. The maximum atomic E-state index is 6.07. The van der Waals surface area contributed by atoms with Crippen molar-refractivity contribution in [2.75, 3.05) is 6.61 Å². The quantitative estimate of drug-likeness (QED) is 0.536. The van der Waals surface area contributed by atoms with Gasteiger partial charge in [-0.3, -0.25) is 9.83 Å². The number of ether oxygens (including phenoxy) is 1. The number of rotatable bonds is 5. The van der Waals surface area contributed by atoms with Crippen LogP contribution in [0.15, 0.2) is 58.0 Å². The van der Waals surface area contributed by atoms with Gasteiger partial charge in [-0.25, -0.2) is 5.48 Å². The molecule has 1 unspecified atom stereocenters. The molecule has 0 radical (unpaired) electrons. The predicted molar refractivity (Wildman–Crippen MR) is 120 cm³/mol. The van der Waals surface area contributed by atoms with Gasteiger partial charge in [0.1, 0.15) is 5.75 Å².